The fourth-order valence-corrected chi connectivity index (χ4v) is 2.06. The van der Waals surface area contributed by atoms with Gasteiger partial charge < -0.3 is 15.1 Å². The zero-order valence-corrected chi connectivity index (χ0v) is 16.7. The first kappa shape index (κ1) is 20.5. The van der Waals surface area contributed by atoms with Gasteiger partial charge in [0.2, 0.25) is 0 Å². The first-order valence-electron chi connectivity index (χ1n) is 8.18. The number of furan rings is 1. The average molecular weight is 442 g/mol. The molecule has 0 aliphatic carbocycles. The van der Waals surface area contributed by atoms with Gasteiger partial charge >= 0.3 is 0 Å². The van der Waals surface area contributed by atoms with Crippen molar-refractivity contribution in [3.63, 3.8) is 0 Å². The van der Waals surface area contributed by atoms with Crippen molar-refractivity contribution in [2.45, 2.75) is 26.7 Å². The number of hydrogen-bond donors (Lipinski definition) is 2. The molecule has 132 valence electrons. The molecule has 2 heterocycles. The summed E-state index contributed by atoms with van der Waals surface area (Å²) in [7, 11) is 0. The third-order valence-corrected chi connectivity index (χ3v) is 3.26. The number of aliphatic imine (C=N–C) groups is 1. The lowest BCUT2D eigenvalue weighted by Gasteiger charge is -2.13. The SMILES string of the molecule is CC(C)CN=C(NCCc1ccccn1)NCCc1ccco1.I. The van der Waals surface area contributed by atoms with Gasteiger partial charge in [0.1, 0.15) is 5.76 Å². The topological polar surface area (TPSA) is 62.5 Å². The Morgan fingerprint density at radius 1 is 1.12 bits per heavy atom. The van der Waals surface area contributed by atoms with Crippen molar-refractivity contribution in [3.8, 4) is 0 Å². The molecule has 0 aromatic carbocycles. The highest BCUT2D eigenvalue weighted by Gasteiger charge is 2.02. The Labute approximate surface area is 161 Å². The van der Waals surface area contributed by atoms with Crippen LogP contribution in [0, 0.1) is 5.92 Å². The zero-order chi connectivity index (χ0) is 16.3. The molecule has 24 heavy (non-hydrogen) atoms. The van der Waals surface area contributed by atoms with E-state index in [9.17, 15) is 0 Å². The van der Waals surface area contributed by atoms with Crippen molar-refractivity contribution >= 4 is 29.9 Å². The maximum absolute atomic E-state index is 5.34. The second kappa shape index (κ2) is 11.9. The number of hydrogen-bond acceptors (Lipinski definition) is 3. The molecule has 0 fully saturated rings. The van der Waals surface area contributed by atoms with Crippen LogP contribution in [0.1, 0.15) is 25.3 Å². The van der Waals surface area contributed by atoms with Crippen LogP contribution in [0.3, 0.4) is 0 Å². The molecule has 0 spiro atoms. The largest absolute Gasteiger partial charge is 0.469 e. The molecule has 0 aliphatic heterocycles. The number of guanidine groups is 1. The summed E-state index contributed by atoms with van der Waals surface area (Å²) >= 11 is 0. The van der Waals surface area contributed by atoms with Crippen molar-refractivity contribution in [3.05, 3.63) is 54.2 Å². The van der Waals surface area contributed by atoms with Crippen molar-refractivity contribution in [1.82, 2.24) is 15.6 Å². The second-order valence-corrected chi connectivity index (χ2v) is 5.84. The molecule has 2 rings (SSSR count). The highest BCUT2D eigenvalue weighted by Crippen LogP contribution is 1.99. The quantitative estimate of drug-likeness (QED) is 0.374. The lowest BCUT2D eigenvalue weighted by molar-refractivity contribution is 0.506. The molecular weight excluding hydrogens is 415 g/mol. The highest BCUT2D eigenvalue weighted by molar-refractivity contribution is 14.0. The van der Waals surface area contributed by atoms with Crippen LogP contribution < -0.4 is 10.6 Å². The van der Waals surface area contributed by atoms with Gasteiger partial charge in [-0.3, -0.25) is 9.98 Å². The van der Waals surface area contributed by atoms with E-state index in [0.29, 0.717) is 5.92 Å². The van der Waals surface area contributed by atoms with E-state index in [1.54, 1.807) is 6.26 Å². The van der Waals surface area contributed by atoms with Crippen LogP contribution in [-0.4, -0.2) is 30.6 Å². The molecule has 0 atom stereocenters. The number of rotatable bonds is 8. The monoisotopic (exact) mass is 442 g/mol. The molecular formula is C18H27IN4O. The van der Waals surface area contributed by atoms with Gasteiger partial charge in [-0.05, 0) is 30.2 Å². The Hall–Kier alpha value is -1.57. The van der Waals surface area contributed by atoms with E-state index < -0.39 is 0 Å². The first-order chi connectivity index (χ1) is 11.2. The van der Waals surface area contributed by atoms with E-state index in [4.69, 9.17) is 4.42 Å². The Kier molecular flexibility index (Phi) is 10.1. The molecule has 0 saturated carbocycles. The summed E-state index contributed by atoms with van der Waals surface area (Å²) in [6, 6.07) is 9.88. The van der Waals surface area contributed by atoms with Gasteiger partial charge in [0.15, 0.2) is 5.96 Å². The van der Waals surface area contributed by atoms with Crippen molar-refractivity contribution in [2.24, 2.45) is 10.9 Å². The summed E-state index contributed by atoms with van der Waals surface area (Å²) in [4.78, 5) is 8.95. The second-order valence-electron chi connectivity index (χ2n) is 5.84. The Morgan fingerprint density at radius 2 is 1.92 bits per heavy atom. The number of nitrogens with one attached hydrogen (secondary N) is 2. The van der Waals surface area contributed by atoms with Crippen LogP contribution in [0.25, 0.3) is 0 Å². The predicted octanol–water partition coefficient (Wildman–Crippen LogP) is 3.27. The van der Waals surface area contributed by atoms with E-state index in [0.717, 1.165) is 49.9 Å². The maximum Gasteiger partial charge on any atom is 0.191 e. The summed E-state index contributed by atoms with van der Waals surface area (Å²) in [6.45, 7) is 6.73. The van der Waals surface area contributed by atoms with Gasteiger partial charge in [-0.15, -0.1) is 24.0 Å². The summed E-state index contributed by atoms with van der Waals surface area (Å²) in [6.07, 6.45) is 5.25. The van der Waals surface area contributed by atoms with E-state index >= 15 is 0 Å². The third-order valence-electron chi connectivity index (χ3n) is 3.26. The number of aromatic nitrogens is 1. The molecule has 2 N–H and O–H groups in total. The van der Waals surface area contributed by atoms with E-state index in [-0.39, 0.29) is 24.0 Å². The van der Waals surface area contributed by atoms with Crippen LogP contribution >= 0.6 is 24.0 Å². The normalized spacial score (nSPS) is 11.2. The molecule has 0 amide bonds. The average Bonchev–Trinajstić information content (AvgIpc) is 3.06. The van der Waals surface area contributed by atoms with E-state index in [1.165, 1.54) is 0 Å². The lowest BCUT2D eigenvalue weighted by Crippen LogP contribution is -2.39. The lowest BCUT2D eigenvalue weighted by atomic mass is 10.2. The van der Waals surface area contributed by atoms with Crippen LogP contribution in [0.2, 0.25) is 0 Å². The smallest absolute Gasteiger partial charge is 0.191 e. The molecule has 6 heteroatoms. The van der Waals surface area contributed by atoms with Gasteiger partial charge in [-0.1, -0.05) is 19.9 Å². The molecule has 2 aromatic heterocycles. The van der Waals surface area contributed by atoms with Gasteiger partial charge in [0.05, 0.1) is 6.26 Å². The fraction of sp³-hybridized carbons (Fsp3) is 0.444. The maximum atomic E-state index is 5.34. The Bertz CT molecular complexity index is 570. The summed E-state index contributed by atoms with van der Waals surface area (Å²) < 4.78 is 5.34. The van der Waals surface area contributed by atoms with E-state index in [2.05, 4.69) is 34.5 Å². The molecule has 2 aromatic rings. The van der Waals surface area contributed by atoms with Crippen molar-refractivity contribution in [2.75, 3.05) is 19.6 Å². The number of pyridine rings is 1. The Morgan fingerprint density at radius 3 is 2.54 bits per heavy atom. The summed E-state index contributed by atoms with van der Waals surface area (Å²) in [5.41, 5.74) is 1.08. The third kappa shape index (κ3) is 8.33. The van der Waals surface area contributed by atoms with Crippen molar-refractivity contribution in [1.29, 1.82) is 0 Å². The minimum Gasteiger partial charge on any atom is -0.469 e. The van der Waals surface area contributed by atoms with E-state index in [1.807, 2.05) is 36.5 Å². The predicted molar refractivity (Wildman–Crippen MR) is 109 cm³/mol. The summed E-state index contributed by atoms with van der Waals surface area (Å²) in [5.74, 6) is 2.37. The minimum atomic E-state index is 0. The van der Waals surface area contributed by atoms with Gasteiger partial charge in [0.25, 0.3) is 0 Å². The Balaban J connectivity index is 0.00000288. The highest BCUT2D eigenvalue weighted by atomic mass is 127. The standard InChI is InChI=1S/C18H26N4O.HI/c1-15(2)14-22-18(21-12-9-17-7-5-13-23-17)20-11-8-16-6-3-4-10-19-16;/h3-7,10,13,15H,8-9,11-12,14H2,1-2H3,(H2,20,21,22);1H. The molecule has 5 nitrogen and oxygen atoms in total. The van der Waals surface area contributed by atoms with Crippen LogP contribution in [0.4, 0.5) is 0 Å². The van der Waals surface area contributed by atoms with Crippen LogP contribution in [-0.2, 0) is 12.8 Å². The van der Waals surface area contributed by atoms with Crippen LogP contribution in [0.15, 0.2) is 52.2 Å². The fourth-order valence-electron chi connectivity index (χ4n) is 2.06. The van der Waals surface area contributed by atoms with Gasteiger partial charge in [0, 0.05) is 44.4 Å². The minimum absolute atomic E-state index is 0. The zero-order valence-electron chi connectivity index (χ0n) is 14.4. The molecule has 0 aliphatic rings. The number of halogens is 1. The molecule has 0 unspecified atom stereocenters. The summed E-state index contributed by atoms with van der Waals surface area (Å²) in [5, 5.41) is 6.73. The van der Waals surface area contributed by atoms with Gasteiger partial charge in [-0.2, -0.15) is 0 Å². The number of nitrogens with zero attached hydrogens (tertiary/aromatic N) is 2. The van der Waals surface area contributed by atoms with Crippen LogP contribution in [0.5, 0.6) is 0 Å². The van der Waals surface area contributed by atoms with Gasteiger partial charge in [-0.25, -0.2) is 0 Å². The van der Waals surface area contributed by atoms with Crippen molar-refractivity contribution < 1.29 is 4.42 Å². The first-order valence-corrected chi connectivity index (χ1v) is 8.18. The molecule has 0 bridgehead atoms. The molecule has 0 radical (unpaired) electrons. The molecule has 0 saturated heterocycles.